The highest BCUT2D eigenvalue weighted by Gasteiger charge is 2.03. The average molecular weight is 324 g/mol. The van der Waals surface area contributed by atoms with Crippen molar-refractivity contribution >= 4 is 29.3 Å². The molecule has 1 heterocycles. The van der Waals surface area contributed by atoms with E-state index in [1.54, 1.807) is 18.0 Å². The van der Waals surface area contributed by atoms with E-state index >= 15 is 0 Å². The number of carbonyl (C=O) groups is 1. The highest BCUT2D eigenvalue weighted by Crippen LogP contribution is 2.26. The first kappa shape index (κ1) is 15.9. The number of hydrogen-bond donors (Lipinski definition) is 1. The molecule has 1 aromatic carbocycles. The van der Waals surface area contributed by atoms with Crippen molar-refractivity contribution in [2.24, 2.45) is 0 Å². The molecule has 4 nitrogen and oxygen atoms in total. The standard InChI is InChI=1S/C15H18ClN3OS/c16-13-5-1-2-6-14(13)21-12-7-15(20)17-8-3-10-19-11-4-9-18-19/h1-2,4-6,9,11H,3,7-8,10,12H2,(H,17,20). The molecule has 21 heavy (non-hydrogen) atoms. The van der Waals surface area contributed by atoms with Crippen LogP contribution in [0, 0.1) is 0 Å². The number of nitrogens with one attached hydrogen (secondary N) is 1. The van der Waals surface area contributed by atoms with E-state index < -0.39 is 0 Å². The van der Waals surface area contributed by atoms with Crippen LogP contribution in [0.15, 0.2) is 47.6 Å². The summed E-state index contributed by atoms with van der Waals surface area (Å²) in [7, 11) is 0. The molecule has 1 N–H and O–H groups in total. The summed E-state index contributed by atoms with van der Waals surface area (Å²) in [6, 6.07) is 9.57. The number of carbonyl (C=O) groups excluding carboxylic acids is 1. The molecule has 0 aliphatic heterocycles. The normalized spacial score (nSPS) is 10.5. The van der Waals surface area contributed by atoms with Crippen molar-refractivity contribution in [3.05, 3.63) is 47.7 Å². The monoisotopic (exact) mass is 323 g/mol. The van der Waals surface area contributed by atoms with Crippen molar-refractivity contribution in [3.63, 3.8) is 0 Å². The topological polar surface area (TPSA) is 46.9 Å². The zero-order valence-corrected chi connectivity index (χ0v) is 13.2. The van der Waals surface area contributed by atoms with Gasteiger partial charge in [0.2, 0.25) is 5.91 Å². The van der Waals surface area contributed by atoms with E-state index in [9.17, 15) is 4.79 Å². The van der Waals surface area contributed by atoms with Gasteiger partial charge < -0.3 is 5.32 Å². The van der Waals surface area contributed by atoms with Gasteiger partial charge in [0.15, 0.2) is 0 Å². The van der Waals surface area contributed by atoms with Crippen LogP contribution >= 0.6 is 23.4 Å². The summed E-state index contributed by atoms with van der Waals surface area (Å²) in [5.41, 5.74) is 0. The summed E-state index contributed by atoms with van der Waals surface area (Å²) < 4.78 is 1.86. The Morgan fingerprint density at radius 2 is 2.19 bits per heavy atom. The van der Waals surface area contributed by atoms with Gasteiger partial charge in [-0.25, -0.2) is 0 Å². The smallest absolute Gasteiger partial charge is 0.220 e. The zero-order chi connectivity index (χ0) is 14.9. The Kier molecular flexibility index (Phi) is 6.63. The van der Waals surface area contributed by atoms with Gasteiger partial charge in [-0.2, -0.15) is 5.10 Å². The van der Waals surface area contributed by atoms with Crippen LogP contribution in [0.3, 0.4) is 0 Å². The maximum atomic E-state index is 11.7. The van der Waals surface area contributed by atoms with Gasteiger partial charge in [-0.05, 0) is 24.6 Å². The van der Waals surface area contributed by atoms with Crippen LogP contribution in [0.4, 0.5) is 0 Å². The summed E-state index contributed by atoms with van der Waals surface area (Å²) in [5.74, 6) is 0.810. The molecule has 0 bridgehead atoms. The van der Waals surface area contributed by atoms with Gasteiger partial charge in [-0.15, -0.1) is 11.8 Å². The molecule has 0 fully saturated rings. The molecule has 1 amide bonds. The van der Waals surface area contributed by atoms with Crippen LogP contribution in [0.2, 0.25) is 5.02 Å². The van der Waals surface area contributed by atoms with Crippen LogP contribution < -0.4 is 5.32 Å². The van der Waals surface area contributed by atoms with Crippen molar-refractivity contribution in [1.82, 2.24) is 15.1 Å². The van der Waals surface area contributed by atoms with E-state index in [1.807, 2.05) is 41.2 Å². The van der Waals surface area contributed by atoms with E-state index in [4.69, 9.17) is 11.6 Å². The molecule has 0 radical (unpaired) electrons. The number of amides is 1. The Bertz CT molecular complexity index is 560. The van der Waals surface area contributed by atoms with Crippen LogP contribution in [0.5, 0.6) is 0 Å². The first-order valence-electron chi connectivity index (χ1n) is 6.87. The fourth-order valence-corrected chi connectivity index (χ4v) is 2.99. The third-order valence-electron chi connectivity index (χ3n) is 2.87. The number of thioether (sulfide) groups is 1. The number of rotatable bonds is 8. The minimum Gasteiger partial charge on any atom is -0.356 e. The summed E-state index contributed by atoms with van der Waals surface area (Å²) >= 11 is 7.67. The Labute approximate surface area is 133 Å². The lowest BCUT2D eigenvalue weighted by atomic mass is 10.4. The Hall–Kier alpha value is -1.46. The van der Waals surface area contributed by atoms with E-state index in [0.717, 1.165) is 28.6 Å². The molecule has 0 spiro atoms. The number of benzene rings is 1. The first-order valence-corrected chi connectivity index (χ1v) is 8.23. The average Bonchev–Trinajstić information content (AvgIpc) is 2.99. The number of nitrogens with zero attached hydrogens (tertiary/aromatic N) is 2. The molecule has 0 aliphatic carbocycles. The Balaban J connectivity index is 1.56. The number of halogens is 1. The number of aromatic nitrogens is 2. The zero-order valence-electron chi connectivity index (χ0n) is 11.7. The minimum absolute atomic E-state index is 0.0787. The van der Waals surface area contributed by atoms with Crippen molar-refractivity contribution < 1.29 is 4.79 Å². The lowest BCUT2D eigenvalue weighted by Gasteiger charge is -2.06. The van der Waals surface area contributed by atoms with Gasteiger partial charge in [0.05, 0.1) is 5.02 Å². The van der Waals surface area contributed by atoms with E-state index in [2.05, 4.69) is 10.4 Å². The number of hydrogen-bond acceptors (Lipinski definition) is 3. The molecule has 0 aliphatic rings. The van der Waals surface area contributed by atoms with Gasteiger partial charge in [-0.3, -0.25) is 9.48 Å². The molecule has 2 aromatic rings. The van der Waals surface area contributed by atoms with Crippen LogP contribution in [0.25, 0.3) is 0 Å². The summed E-state index contributed by atoms with van der Waals surface area (Å²) in [6.45, 7) is 1.50. The molecule has 0 unspecified atom stereocenters. The van der Waals surface area contributed by atoms with Crippen LogP contribution in [0.1, 0.15) is 12.8 Å². The first-order chi connectivity index (χ1) is 10.3. The Morgan fingerprint density at radius 3 is 2.95 bits per heavy atom. The lowest BCUT2D eigenvalue weighted by molar-refractivity contribution is -0.120. The molecular weight excluding hydrogens is 306 g/mol. The summed E-state index contributed by atoms with van der Waals surface area (Å²) in [4.78, 5) is 12.7. The molecule has 0 atom stereocenters. The van der Waals surface area contributed by atoms with Gasteiger partial charge in [0.1, 0.15) is 0 Å². The third kappa shape index (κ3) is 5.81. The second-order valence-electron chi connectivity index (χ2n) is 4.50. The van der Waals surface area contributed by atoms with Crippen molar-refractivity contribution in [1.29, 1.82) is 0 Å². The van der Waals surface area contributed by atoms with Gasteiger partial charge >= 0.3 is 0 Å². The number of aryl methyl sites for hydroxylation is 1. The Morgan fingerprint density at radius 1 is 1.33 bits per heavy atom. The predicted molar refractivity (Wildman–Crippen MR) is 86.6 cm³/mol. The summed E-state index contributed by atoms with van der Waals surface area (Å²) in [5, 5.41) is 7.77. The van der Waals surface area contributed by atoms with Gasteiger partial charge in [0.25, 0.3) is 0 Å². The minimum atomic E-state index is 0.0787. The van der Waals surface area contributed by atoms with E-state index in [1.165, 1.54) is 0 Å². The second kappa shape index (κ2) is 8.74. The highest BCUT2D eigenvalue weighted by atomic mass is 35.5. The SMILES string of the molecule is O=C(CCSc1ccccc1Cl)NCCCn1cccn1. The van der Waals surface area contributed by atoms with Crippen molar-refractivity contribution in [2.45, 2.75) is 24.3 Å². The van der Waals surface area contributed by atoms with Crippen molar-refractivity contribution in [2.75, 3.05) is 12.3 Å². The maximum absolute atomic E-state index is 11.7. The van der Waals surface area contributed by atoms with Gasteiger partial charge in [0, 0.05) is 42.6 Å². The molecule has 112 valence electrons. The van der Waals surface area contributed by atoms with Gasteiger partial charge in [-0.1, -0.05) is 23.7 Å². The quantitative estimate of drug-likeness (QED) is 0.599. The third-order valence-corrected chi connectivity index (χ3v) is 4.39. The molecule has 1 aromatic heterocycles. The highest BCUT2D eigenvalue weighted by molar-refractivity contribution is 7.99. The largest absolute Gasteiger partial charge is 0.356 e. The molecule has 6 heteroatoms. The lowest BCUT2D eigenvalue weighted by Crippen LogP contribution is -2.25. The van der Waals surface area contributed by atoms with Crippen LogP contribution in [-0.4, -0.2) is 28.0 Å². The molecule has 0 saturated carbocycles. The predicted octanol–water partition coefficient (Wildman–Crippen LogP) is 3.23. The molecular formula is C15H18ClN3OS. The van der Waals surface area contributed by atoms with Crippen molar-refractivity contribution in [3.8, 4) is 0 Å². The maximum Gasteiger partial charge on any atom is 0.220 e. The van der Waals surface area contributed by atoms with E-state index in [0.29, 0.717) is 13.0 Å². The second-order valence-corrected chi connectivity index (χ2v) is 6.05. The van der Waals surface area contributed by atoms with Crippen LogP contribution in [-0.2, 0) is 11.3 Å². The van der Waals surface area contributed by atoms with E-state index in [-0.39, 0.29) is 5.91 Å². The fraction of sp³-hybridized carbons (Fsp3) is 0.333. The fourth-order valence-electron chi connectivity index (χ4n) is 1.81. The summed E-state index contributed by atoms with van der Waals surface area (Å²) in [6.07, 6.45) is 5.05. The molecule has 0 saturated heterocycles. The molecule has 2 rings (SSSR count).